The summed E-state index contributed by atoms with van der Waals surface area (Å²) >= 11 is 0. The van der Waals surface area contributed by atoms with E-state index in [1.807, 2.05) is 29.8 Å². The average molecular weight is 726 g/mol. The van der Waals surface area contributed by atoms with Gasteiger partial charge in [-0.2, -0.15) is 4.99 Å². The molecule has 0 radical (unpaired) electrons. The molecule has 1 fully saturated rings. The number of benzene rings is 2. The number of pyridine rings is 1. The van der Waals surface area contributed by atoms with E-state index in [0.29, 0.717) is 35.6 Å². The van der Waals surface area contributed by atoms with Crippen LogP contribution in [0.1, 0.15) is 86.5 Å². The van der Waals surface area contributed by atoms with E-state index in [0.717, 1.165) is 68.4 Å². The first-order chi connectivity index (χ1) is 25.7. The second-order valence-electron chi connectivity index (χ2n) is 12.9. The summed E-state index contributed by atoms with van der Waals surface area (Å²) in [5.74, 6) is -0.262. The van der Waals surface area contributed by atoms with E-state index in [1.54, 1.807) is 48.7 Å². The standard InChI is InChI=1S/C39H47N7O7/c1-3-4-5-10-23-51-39(50)44-36(40)27-14-17-30(18-15-27)42-25-34-43-31-24-29(16-19-32(31)45(34)2)37(48)46(33-13-8-9-21-41-33)22-20-35(47)52-26-53-38(49)28-11-6-7-12-28/h8-9,13-19,21,24,28,42H,3-7,10-12,20,22-23,25-26H2,1-2H3,(H2,40,44,50). The third kappa shape index (κ3) is 10.9. The van der Waals surface area contributed by atoms with Crippen LogP contribution in [-0.2, 0) is 37.4 Å². The number of unbranched alkanes of at least 4 members (excludes halogenated alkanes) is 3. The monoisotopic (exact) mass is 725 g/mol. The predicted molar refractivity (Wildman–Crippen MR) is 200 cm³/mol. The summed E-state index contributed by atoms with van der Waals surface area (Å²) in [6.45, 7) is 2.38. The molecule has 53 heavy (non-hydrogen) atoms. The number of anilines is 2. The number of carbonyl (C=O) groups excluding carboxylic acids is 4. The minimum Gasteiger partial charge on any atom is -0.448 e. The summed E-state index contributed by atoms with van der Waals surface area (Å²) in [5.41, 5.74) is 9.25. The highest BCUT2D eigenvalue weighted by Crippen LogP contribution is 2.26. The number of carbonyl (C=O) groups is 4. The molecule has 280 valence electrons. The summed E-state index contributed by atoms with van der Waals surface area (Å²) in [4.78, 5) is 64.9. The van der Waals surface area contributed by atoms with E-state index in [9.17, 15) is 19.2 Å². The number of rotatable bonds is 17. The van der Waals surface area contributed by atoms with Gasteiger partial charge in [0.25, 0.3) is 5.91 Å². The molecule has 1 aliphatic rings. The van der Waals surface area contributed by atoms with Gasteiger partial charge < -0.3 is 29.8 Å². The quantitative estimate of drug-likeness (QED) is 0.0412. The van der Waals surface area contributed by atoms with Crippen molar-refractivity contribution in [3.63, 3.8) is 0 Å². The molecule has 0 unspecified atom stereocenters. The Hall–Kier alpha value is -5.79. The van der Waals surface area contributed by atoms with Gasteiger partial charge in [0.1, 0.15) is 17.5 Å². The van der Waals surface area contributed by atoms with Crippen molar-refractivity contribution in [2.24, 2.45) is 23.7 Å². The number of hydrogen-bond acceptors (Lipinski definition) is 10. The fraction of sp³-hybridized carbons (Fsp3) is 0.410. The van der Waals surface area contributed by atoms with E-state index in [4.69, 9.17) is 24.9 Å². The van der Waals surface area contributed by atoms with Crippen molar-refractivity contribution in [2.75, 3.05) is 30.2 Å². The van der Waals surface area contributed by atoms with Crippen LogP contribution in [0.2, 0.25) is 0 Å². The summed E-state index contributed by atoms with van der Waals surface area (Å²) in [7, 11) is 1.90. The fourth-order valence-electron chi connectivity index (χ4n) is 6.06. The Balaban J connectivity index is 1.18. The second kappa shape index (κ2) is 19.2. The lowest BCUT2D eigenvalue weighted by molar-refractivity contribution is -0.169. The Morgan fingerprint density at radius 3 is 2.47 bits per heavy atom. The van der Waals surface area contributed by atoms with E-state index in [-0.39, 0.29) is 36.6 Å². The van der Waals surface area contributed by atoms with Crippen LogP contribution in [0.3, 0.4) is 0 Å². The predicted octanol–water partition coefficient (Wildman–Crippen LogP) is 6.27. The topological polar surface area (TPSA) is 180 Å². The highest BCUT2D eigenvalue weighted by atomic mass is 16.7. The maximum absolute atomic E-state index is 13.8. The Morgan fingerprint density at radius 2 is 1.74 bits per heavy atom. The van der Waals surface area contributed by atoms with E-state index in [2.05, 4.69) is 22.2 Å². The number of amidine groups is 1. The van der Waals surface area contributed by atoms with Crippen LogP contribution >= 0.6 is 0 Å². The van der Waals surface area contributed by atoms with Gasteiger partial charge in [-0.05, 0) is 73.9 Å². The summed E-state index contributed by atoms with van der Waals surface area (Å²) < 4.78 is 17.4. The molecule has 1 aliphatic carbocycles. The number of aromatic nitrogens is 3. The molecule has 1 saturated carbocycles. The molecule has 2 amide bonds. The Morgan fingerprint density at radius 1 is 0.962 bits per heavy atom. The molecule has 14 nitrogen and oxygen atoms in total. The number of fused-ring (bicyclic) bond motifs is 1. The number of ether oxygens (including phenoxy) is 3. The number of esters is 2. The third-order valence-corrected chi connectivity index (χ3v) is 9.11. The molecule has 0 atom stereocenters. The molecular formula is C39H47N7O7. The van der Waals surface area contributed by atoms with Crippen molar-refractivity contribution in [3.05, 3.63) is 83.8 Å². The fourth-order valence-corrected chi connectivity index (χ4v) is 6.06. The smallest absolute Gasteiger partial charge is 0.435 e. The average Bonchev–Trinajstić information content (AvgIpc) is 3.83. The molecule has 2 aromatic carbocycles. The zero-order valence-electron chi connectivity index (χ0n) is 30.3. The molecule has 4 aromatic rings. The van der Waals surface area contributed by atoms with Gasteiger partial charge in [0, 0.05) is 36.6 Å². The summed E-state index contributed by atoms with van der Waals surface area (Å²) in [6.07, 6.45) is 8.31. The molecule has 2 heterocycles. The van der Waals surface area contributed by atoms with Crippen LogP contribution in [0.25, 0.3) is 11.0 Å². The number of nitrogens with two attached hydrogens (primary N) is 1. The van der Waals surface area contributed by atoms with Crippen molar-refractivity contribution in [1.29, 1.82) is 0 Å². The van der Waals surface area contributed by atoms with E-state index < -0.39 is 18.9 Å². The lowest BCUT2D eigenvalue weighted by Gasteiger charge is -2.21. The highest BCUT2D eigenvalue weighted by molar-refractivity contribution is 6.07. The largest absolute Gasteiger partial charge is 0.448 e. The Bertz CT molecular complexity index is 1890. The van der Waals surface area contributed by atoms with Crippen molar-refractivity contribution in [3.8, 4) is 0 Å². The number of nitrogens with one attached hydrogen (secondary N) is 1. The van der Waals surface area contributed by atoms with Gasteiger partial charge >= 0.3 is 18.0 Å². The molecule has 14 heteroatoms. The third-order valence-electron chi connectivity index (χ3n) is 9.11. The number of hydrogen-bond donors (Lipinski definition) is 2. The number of aliphatic imine (C=N–C) groups is 1. The first kappa shape index (κ1) is 38.4. The molecular weight excluding hydrogens is 678 g/mol. The van der Waals surface area contributed by atoms with Gasteiger partial charge in [0.2, 0.25) is 6.79 Å². The SMILES string of the molecule is CCCCCCOC(=O)/N=C(/N)c1ccc(NCc2nc3cc(C(=O)N(CCC(=O)OCOC(=O)C4CCCC4)c4ccccn4)ccc3n2C)cc1. The lowest BCUT2D eigenvalue weighted by atomic mass is 10.1. The van der Waals surface area contributed by atoms with Crippen LogP contribution in [0.4, 0.5) is 16.3 Å². The van der Waals surface area contributed by atoms with Crippen LogP contribution in [0.15, 0.2) is 71.9 Å². The van der Waals surface area contributed by atoms with Crippen LogP contribution in [0.5, 0.6) is 0 Å². The maximum atomic E-state index is 13.8. The molecule has 0 spiro atoms. The van der Waals surface area contributed by atoms with E-state index in [1.165, 1.54) is 4.90 Å². The van der Waals surface area contributed by atoms with Gasteiger partial charge in [0.05, 0.1) is 36.5 Å². The second-order valence-corrected chi connectivity index (χ2v) is 12.9. The van der Waals surface area contributed by atoms with Gasteiger partial charge in [-0.3, -0.25) is 19.3 Å². The van der Waals surface area contributed by atoms with Crippen molar-refractivity contribution >= 4 is 52.3 Å². The van der Waals surface area contributed by atoms with Crippen LogP contribution in [0, 0.1) is 5.92 Å². The zero-order chi connectivity index (χ0) is 37.6. The maximum Gasteiger partial charge on any atom is 0.435 e. The van der Waals surface area contributed by atoms with Gasteiger partial charge in [0.15, 0.2) is 0 Å². The summed E-state index contributed by atoms with van der Waals surface area (Å²) in [5, 5.41) is 3.34. The number of nitrogens with zero attached hydrogens (tertiary/aromatic N) is 5. The number of aryl methyl sites for hydroxylation is 1. The Labute approximate surface area is 308 Å². The minimum atomic E-state index is -0.701. The molecule has 3 N–H and O–H groups in total. The Kier molecular flexibility index (Phi) is 13.9. The summed E-state index contributed by atoms with van der Waals surface area (Å²) in [6, 6.07) is 17.6. The van der Waals surface area contributed by atoms with Crippen LogP contribution < -0.4 is 16.0 Å². The van der Waals surface area contributed by atoms with Crippen molar-refractivity contribution in [1.82, 2.24) is 14.5 Å². The molecule has 0 saturated heterocycles. The number of amides is 2. The van der Waals surface area contributed by atoms with Gasteiger partial charge in [-0.1, -0.05) is 45.1 Å². The minimum absolute atomic E-state index is 0.000179. The first-order valence-corrected chi connectivity index (χ1v) is 18.1. The molecule has 2 aromatic heterocycles. The molecule has 5 rings (SSSR count). The van der Waals surface area contributed by atoms with Crippen molar-refractivity contribution in [2.45, 2.75) is 71.3 Å². The van der Waals surface area contributed by atoms with E-state index >= 15 is 0 Å². The lowest BCUT2D eigenvalue weighted by Crippen LogP contribution is -2.34. The van der Waals surface area contributed by atoms with Crippen molar-refractivity contribution < 1.29 is 33.4 Å². The molecule has 0 bridgehead atoms. The zero-order valence-corrected chi connectivity index (χ0v) is 30.3. The van der Waals surface area contributed by atoms with Gasteiger partial charge in [-0.15, -0.1) is 0 Å². The normalized spacial score (nSPS) is 13.1. The number of imidazole rings is 1. The molecule has 0 aliphatic heterocycles. The van der Waals surface area contributed by atoms with Crippen LogP contribution in [-0.4, -0.2) is 64.3 Å². The van der Waals surface area contributed by atoms with Gasteiger partial charge in [-0.25, -0.2) is 14.8 Å². The first-order valence-electron chi connectivity index (χ1n) is 18.1. The highest BCUT2D eigenvalue weighted by Gasteiger charge is 2.25.